The van der Waals surface area contributed by atoms with Gasteiger partial charge >= 0.3 is 0 Å². The highest BCUT2D eigenvalue weighted by Gasteiger charge is 2.05. The summed E-state index contributed by atoms with van der Waals surface area (Å²) in [6, 6.07) is 0. The SMILES string of the molecule is CCCCn1ccnc1C=NCCN(CCN=Cc1nccn1CCCC)CCN=Cc1nccn1CCCC. The molecule has 10 heteroatoms. The molecular weight excluding hydrogens is 500 g/mol. The lowest BCUT2D eigenvalue weighted by molar-refractivity contribution is 0.298. The van der Waals surface area contributed by atoms with Crippen LogP contribution >= 0.6 is 0 Å². The molecule has 3 aromatic rings. The van der Waals surface area contributed by atoms with E-state index in [9.17, 15) is 0 Å². The zero-order valence-electron chi connectivity index (χ0n) is 24.8. The van der Waals surface area contributed by atoms with Crippen LogP contribution in [-0.4, -0.2) is 91.5 Å². The molecule has 0 bridgehead atoms. The Hall–Kier alpha value is -3.40. The Kier molecular flexibility index (Phi) is 14.6. The highest BCUT2D eigenvalue weighted by Crippen LogP contribution is 2.02. The van der Waals surface area contributed by atoms with Gasteiger partial charge in [0, 0.05) is 76.4 Å². The van der Waals surface area contributed by atoms with E-state index in [1.165, 1.54) is 0 Å². The number of aryl methyl sites for hydroxylation is 3. The van der Waals surface area contributed by atoms with Gasteiger partial charge in [0.25, 0.3) is 0 Å². The summed E-state index contributed by atoms with van der Waals surface area (Å²) in [6.07, 6.45) is 24.2. The molecule has 0 saturated carbocycles. The molecule has 3 heterocycles. The monoisotopic (exact) mass is 548 g/mol. The fourth-order valence-electron chi connectivity index (χ4n) is 4.27. The van der Waals surface area contributed by atoms with Gasteiger partial charge in [-0.25, -0.2) is 15.0 Å². The van der Waals surface area contributed by atoms with Crippen molar-refractivity contribution in [2.45, 2.75) is 78.9 Å². The second-order valence-corrected chi connectivity index (χ2v) is 9.94. The molecule has 218 valence electrons. The molecule has 0 atom stereocenters. The molecule has 0 N–H and O–H groups in total. The molecule has 0 aromatic carbocycles. The van der Waals surface area contributed by atoms with Crippen LogP contribution in [0.15, 0.2) is 52.2 Å². The lowest BCUT2D eigenvalue weighted by Gasteiger charge is -2.19. The second-order valence-electron chi connectivity index (χ2n) is 9.94. The van der Waals surface area contributed by atoms with Crippen molar-refractivity contribution in [2.24, 2.45) is 15.0 Å². The Bertz CT molecular complexity index is 1010. The Balaban J connectivity index is 1.53. The number of unbranched alkanes of at least 4 members (excludes halogenated alkanes) is 3. The van der Waals surface area contributed by atoms with Gasteiger partial charge in [-0.2, -0.15) is 0 Å². The fourth-order valence-corrected chi connectivity index (χ4v) is 4.27. The summed E-state index contributed by atoms with van der Waals surface area (Å²) in [4.78, 5) is 29.8. The molecule has 0 unspecified atom stereocenters. The van der Waals surface area contributed by atoms with Crippen LogP contribution in [0, 0.1) is 0 Å². The van der Waals surface area contributed by atoms with Crippen molar-refractivity contribution in [3.05, 3.63) is 54.7 Å². The molecule has 0 aliphatic carbocycles. The Morgan fingerprint density at radius 3 is 1.20 bits per heavy atom. The molecule has 10 nitrogen and oxygen atoms in total. The lowest BCUT2D eigenvalue weighted by Crippen LogP contribution is -2.31. The van der Waals surface area contributed by atoms with E-state index in [0.29, 0.717) is 19.6 Å². The molecule has 0 aliphatic rings. The Morgan fingerprint density at radius 2 is 0.900 bits per heavy atom. The molecule has 0 aliphatic heterocycles. The van der Waals surface area contributed by atoms with Gasteiger partial charge in [-0.05, 0) is 19.3 Å². The summed E-state index contributed by atoms with van der Waals surface area (Å²) in [7, 11) is 0. The van der Waals surface area contributed by atoms with Crippen LogP contribution < -0.4 is 0 Å². The van der Waals surface area contributed by atoms with Crippen molar-refractivity contribution in [3.8, 4) is 0 Å². The van der Waals surface area contributed by atoms with Crippen LogP contribution in [0.2, 0.25) is 0 Å². The molecule has 3 rings (SSSR count). The first-order valence-corrected chi connectivity index (χ1v) is 15.0. The van der Waals surface area contributed by atoms with Gasteiger partial charge in [0.15, 0.2) is 17.5 Å². The molecule has 40 heavy (non-hydrogen) atoms. The Labute approximate surface area is 240 Å². The lowest BCUT2D eigenvalue weighted by atomic mass is 10.3. The average molecular weight is 549 g/mol. The molecule has 0 radical (unpaired) electrons. The minimum atomic E-state index is 0.705. The number of hydrogen-bond donors (Lipinski definition) is 0. The Morgan fingerprint density at radius 1 is 0.575 bits per heavy atom. The first kappa shape index (κ1) is 31.1. The standard InChI is InChI=1S/C30H48N10/c1-4-7-16-38-22-13-34-28(38)25-31-10-19-37(20-11-32-26-29-35-14-23-39(29)17-8-5-2)21-12-33-27-30-36-15-24-40(30)18-9-6-3/h13-15,22-27H,4-12,16-21H2,1-3H3. The summed E-state index contributed by atoms with van der Waals surface area (Å²) in [6.45, 7) is 14.2. The van der Waals surface area contributed by atoms with Crippen LogP contribution in [-0.2, 0) is 19.6 Å². The number of hydrogen-bond acceptors (Lipinski definition) is 7. The average Bonchev–Trinajstić information content (AvgIpc) is 3.73. The van der Waals surface area contributed by atoms with E-state index in [4.69, 9.17) is 0 Å². The number of aromatic nitrogens is 6. The third-order valence-electron chi connectivity index (χ3n) is 6.76. The van der Waals surface area contributed by atoms with Crippen LogP contribution in [0.4, 0.5) is 0 Å². The topological polar surface area (TPSA) is 93.8 Å². The quantitative estimate of drug-likeness (QED) is 0.181. The van der Waals surface area contributed by atoms with Crippen molar-refractivity contribution in [2.75, 3.05) is 39.3 Å². The van der Waals surface area contributed by atoms with Crippen LogP contribution in [0.5, 0.6) is 0 Å². The van der Waals surface area contributed by atoms with Gasteiger partial charge < -0.3 is 13.7 Å². The molecule has 3 aromatic heterocycles. The highest BCUT2D eigenvalue weighted by atomic mass is 15.2. The highest BCUT2D eigenvalue weighted by molar-refractivity contribution is 5.75. The van der Waals surface area contributed by atoms with E-state index < -0.39 is 0 Å². The summed E-state index contributed by atoms with van der Waals surface area (Å²) in [5.74, 6) is 2.77. The van der Waals surface area contributed by atoms with E-state index in [1.807, 2.05) is 55.8 Å². The number of imidazole rings is 3. The summed E-state index contributed by atoms with van der Waals surface area (Å²) in [5, 5.41) is 0. The maximum atomic E-state index is 4.69. The summed E-state index contributed by atoms with van der Waals surface area (Å²) >= 11 is 0. The molecule has 0 spiro atoms. The zero-order valence-corrected chi connectivity index (χ0v) is 24.8. The van der Waals surface area contributed by atoms with E-state index >= 15 is 0 Å². The molecule has 0 saturated heterocycles. The third-order valence-corrected chi connectivity index (χ3v) is 6.76. The van der Waals surface area contributed by atoms with E-state index in [1.54, 1.807) is 0 Å². The molecule has 0 amide bonds. The first-order chi connectivity index (χ1) is 19.7. The smallest absolute Gasteiger partial charge is 0.150 e. The maximum Gasteiger partial charge on any atom is 0.150 e. The predicted octanol–water partition coefficient (Wildman–Crippen LogP) is 4.64. The van der Waals surface area contributed by atoms with Crippen molar-refractivity contribution in [1.82, 2.24) is 33.6 Å². The van der Waals surface area contributed by atoms with Gasteiger partial charge in [-0.1, -0.05) is 40.0 Å². The van der Waals surface area contributed by atoms with Crippen molar-refractivity contribution < 1.29 is 0 Å². The summed E-state index contributed by atoms with van der Waals surface area (Å²) in [5.41, 5.74) is 0. The van der Waals surface area contributed by atoms with Crippen LogP contribution in [0.1, 0.15) is 76.8 Å². The minimum absolute atomic E-state index is 0.705. The second kappa shape index (κ2) is 18.8. The number of nitrogens with zero attached hydrogens (tertiary/aromatic N) is 10. The normalized spacial score (nSPS) is 12.3. The van der Waals surface area contributed by atoms with Crippen LogP contribution in [0.25, 0.3) is 0 Å². The van der Waals surface area contributed by atoms with E-state index in [0.717, 1.165) is 95.3 Å². The van der Waals surface area contributed by atoms with Gasteiger partial charge in [-0.3, -0.25) is 19.9 Å². The van der Waals surface area contributed by atoms with E-state index in [2.05, 4.69) is 69.3 Å². The molecular formula is C30H48N10. The zero-order chi connectivity index (χ0) is 28.3. The fraction of sp³-hybridized carbons (Fsp3) is 0.600. The van der Waals surface area contributed by atoms with Gasteiger partial charge in [0.1, 0.15) is 0 Å². The summed E-state index contributed by atoms with van der Waals surface area (Å²) < 4.78 is 6.51. The van der Waals surface area contributed by atoms with E-state index in [-0.39, 0.29) is 0 Å². The van der Waals surface area contributed by atoms with Crippen LogP contribution in [0.3, 0.4) is 0 Å². The van der Waals surface area contributed by atoms with Crippen molar-refractivity contribution in [1.29, 1.82) is 0 Å². The molecule has 0 fully saturated rings. The first-order valence-electron chi connectivity index (χ1n) is 15.0. The minimum Gasteiger partial charge on any atom is -0.330 e. The van der Waals surface area contributed by atoms with Crippen molar-refractivity contribution in [3.63, 3.8) is 0 Å². The van der Waals surface area contributed by atoms with Crippen molar-refractivity contribution >= 4 is 18.6 Å². The van der Waals surface area contributed by atoms with Gasteiger partial charge in [0.05, 0.1) is 38.3 Å². The maximum absolute atomic E-state index is 4.69. The van der Waals surface area contributed by atoms with Gasteiger partial charge in [-0.15, -0.1) is 0 Å². The number of aliphatic imine (C=N–C) groups is 3. The largest absolute Gasteiger partial charge is 0.330 e. The number of rotatable bonds is 21. The van der Waals surface area contributed by atoms with Gasteiger partial charge in [0.2, 0.25) is 0 Å². The third kappa shape index (κ3) is 11.0. The predicted molar refractivity (Wildman–Crippen MR) is 165 cm³/mol.